The fraction of sp³-hybridized carbons (Fsp3) is 0.429. The summed E-state index contributed by atoms with van der Waals surface area (Å²) in [5.41, 5.74) is 2.78. The van der Waals surface area contributed by atoms with E-state index in [2.05, 4.69) is 57.3 Å². The van der Waals surface area contributed by atoms with Crippen LogP contribution in [0.4, 0.5) is 0 Å². The van der Waals surface area contributed by atoms with Crippen molar-refractivity contribution >= 4 is 26.8 Å². The van der Waals surface area contributed by atoms with Gasteiger partial charge in [0, 0.05) is 34.7 Å². The first-order valence-electron chi connectivity index (χ1n) is 6.21. The summed E-state index contributed by atoms with van der Waals surface area (Å²) in [6, 6.07) is 7.22. The zero-order valence-electron chi connectivity index (χ0n) is 10.0. The molecule has 3 rings (SSSR count). The fourth-order valence-electron chi connectivity index (χ4n) is 2.80. The molecule has 2 aromatic rings. The van der Waals surface area contributed by atoms with Crippen LogP contribution in [0.15, 0.2) is 28.9 Å². The highest BCUT2D eigenvalue weighted by atomic mass is 79.9. The van der Waals surface area contributed by atoms with Gasteiger partial charge in [-0.05, 0) is 43.5 Å². The Kier molecular flexibility index (Phi) is 2.97. The van der Waals surface area contributed by atoms with Crippen molar-refractivity contribution < 1.29 is 0 Å². The van der Waals surface area contributed by atoms with Crippen molar-refractivity contribution in [3.63, 3.8) is 0 Å². The first-order valence-corrected chi connectivity index (χ1v) is 7.00. The van der Waals surface area contributed by atoms with Crippen LogP contribution in [0.1, 0.15) is 18.4 Å². The Bertz CT molecular complexity index is 538. The molecule has 2 nitrogen and oxygen atoms in total. The average molecular weight is 293 g/mol. The quantitative estimate of drug-likeness (QED) is 0.899. The zero-order valence-corrected chi connectivity index (χ0v) is 11.6. The van der Waals surface area contributed by atoms with Crippen LogP contribution in [0.3, 0.4) is 0 Å². The number of halogens is 1. The lowest BCUT2D eigenvalue weighted by Crippen LogP contribution is -2.23. The number of fused-ring (bicyclic) bond motifs is 1. The monoisotopic (exact) mass is 292 g/mol. The van der Waals surface area contributed by atoms with Gasteiger partial charge in [0.1, 0.15) is 0 Å². The summed E-state index contributed by atoms with van der Waals surface area (Å²) in [6.45, 7) is 1.18. The molecule has 0 saturated carbocycles. The minimum Gasteiger partial charge on any atom is -0.350 e. The average Bonchev–Trinajstić information content (AvgIpc) is 2.89. The number of hydrogen-bond donors (Lipinski definition) is 1. The van der Waals surface area contributed by atoms with E-state index in [-0.39, 0.29) is 0 Å². The molecule has 3 heteroatoms. The molecule has 1 N–H and O–H groups in total. The Morgan fingerprint density at radius 2 is 2.35 bits per heavy atom. The van der Waals surface area contributed by atoms with Gasteiger partial charge in [-0.25, -0.2) is 0 Å². The van der Waals surface area contributed by atoms with E-state index in [1.54, 1.807) is 0 Å². The number of nitrogens with one attached hydrogen (secondary N) is 1. The second-order valence-corrected chi connectivity index (χ2v) is 5.84. The van der Waals surface area contributed by atoms with E-state index in [0.29, 0.717) is 6.04 Å². The number of rotatable bonds is 2. The molecule has 17 heavy (non-hydrogen) atoms. The van der Waals surface area contributed by atoms with Crippen LogP contribution < -0.4 is 5.32 Å². The van der Waals surface area contributed by atoms with Gasteiger partial charge in [0.05, 0.1) is 0 Å². The molecule has 1 fully saturated rings. The molecule has 1 aromatic heterocycles. The molecular weight excluding hydrogens is 276 g/mol. The topological polar surface area (TPSA) is 17.0 Å². The predicted octanol–water partition coefficient (Wildman–Crippen LogP) is 3.24. The van der Waals surface area contributed by atoms with Crippen molar-refractivity contribution in [2.45, 2.75) is 25.3 Å². The second kappa shape index (κ2) is 4.46. The van der Waals surface area contributed by atoms with E-state index in [4.69, 9.17) is 0 Å². The van der Waals surface area contributed by atoms with Gasteiger partial charge in [-0.15, -0.1) is 0 Å². The predicted molar refractivity (Wildman–Crippen MR) is 75.3 cm³/mol. The number of aryl methyl sites for hydroxylation is 1. The molecule has 0 radical (unpaired) electrons. The summed E-state index contributed by atoms with van der Waals surface area (Å²) in [5.74, 6) is 0. The summed E-state index contributed by atoms with van der Waals surface area (Å²) in [4.78, 5) is 0. The van der Waals surface area contributed by atoms with Gasteiger partial charge in [-0.2, -0.15) is 0 Å². The van der Waals surface area contributed by atoms with E-state index in [9.17, 15) is 0 Å². The van der Waals surface area contributed by atoms with Crippen molar-refractivity contribution in [1.82, 2.24) is 9.88 Å². The summed E-state index contributed by atoms with van der Waals surface area (Å²) in [5, 5.41) is 4.96. The Hall–Kier alpha value is -0.800. The SMILES string of the molecule is Cn1cc(CC2CCCN2)c2ccc(Br)cc21. The third-order valence-electron chi connectivity index (χ3n) is 3.66. The lowest BCUT2D eigenvalue weighted by Gasteiger charge is -2.08. The Morgan fingerprint density at radius 1 is 1.47 bits per heavy atom. The molecule has 2 heterocycles. The first-order chi connectivity index (χ1) is 8.24. The largest absolute Gasteiger partial charge is 0.350 e. The maximum Gasteiger partial charge on any atom is 0.0491 e. The number of benzene rings is 1. The summed E-state index contributed by atoms with van der Waals surface area (Å²) >= 11 is 3.54. The van der Waals surface area contributed by atoms with Crippen molar-refractivity contribution in [3.05, 3.63) is 34.4 Å². The van der Waals surface area contributed by atoms with Crippen LogP contribution in [0.2, 0.25) is 0 Å². The molecule has 0 bridgehead atoms. The molecular formula is C14H17BrN2. The lowest BCUT2D eigenvalue weighted by molar-refractivity contribution is 0.604. The molecule has 1 aliphatic rings. The minimum atomic E-state index is 0.671. The van der Waals surface area contributed by atoms with Crippen LogP contribution in [-0.2, 0) is 13.5 Å². The Balaban J connectivity index is 1.98. The van der Waals surface area contributed by atoms with Crippen molar-refractivity contribution in [1.29, 1.82) is 0 Å². The highest BCUT2D eigenvalue weighted by Crippen LogP contribution is 2.26. The van der Waals surface area contributed by atoms with Gasteiger partial charge in [0.15, 0.2) is 0 Å². The van der Waals surface area contributed by atoms with Gasteiger partial charge in [0.2, 0.25) is 0 Å². The van der Waals surface area contributed by atoms with Crippen molar-refractivity contribution in [3.8, 4) is 0 Å². The van der Waals surface area contributed by atoms with Gasteiger partial charge in [-0.1, -0.05) is 22.0 Å². The second-order valence-electron chi connectivity index (χ2n) is 4.92. The molecule has 1 aliphatic heterocycles. The van der Waals surface area contributed by atoms with Crippen LogP contribution in [0.25, 0.3) is 10.9 Å². The number of hydrogen-bond acceptors (Lipinski definition) is 1. The van der Waals surface area contributed by atoms with Crippen LogP contribution in [0, 0.1) is 0 Å². The highest BCUT2D eigenvalue weighted by Gasteiger charge is 2.17. The molecule has 90 valence electrons. The third-order valence-corrected chi connectivity index (χ3v) is 4.16. The van der Waals surface area contributed by atoms with Crippen LogP contribution in [-0.4, -0.2) is 17.2 Å². The maximum absolute atomic E-state index is 3.57. The van der Waals surface area contributed by atoms with E-state index >= 15 is 0 Å². The van der Waals surface area contributed by atoms with Crippen molar-refractivity contribution in [2.75, 3.05) is 6.54 Å². The number of nitrogens with zero attached hydrogens (tertiary/aromatic N) is 1. The highest BCUT2D eigenvalue weighted by molar-refractivity contribution is 9.10. The third kappa shape index (κ3) is 2.14. The molecule has 1 saturated heterocycles. The minimum absolute atomic E-state index is 0.671. The standard InChI is InChI=1S/C14H17BrN2/c1-17-9-10(7-12-3-2-6-16-12)13-5-4-11(15)8-14(13)17/h4-5,8-9,12,16H,2-3,6-7H2,1H3. The Morgan fingerprint density at radius 3 is 3.12 bits per heavy atom. The zero-order chi connectivity index (χ0) is 11.8. The lowest BCUT2D eigenvalue weighted by atomic mass is 10.0. The molecule has 0 spiro atoms. The summed E-state index contributed by atoms with van der Waals surface area (Å²) in [6.07, 6.45) is 6.06. The number of aromatic nitrogens is 1. The van der Waals surface area contributed by atoms with E-state index in [1.807, 2.05) is 0 Å². The van der Waals surface area contributed by atoms with Crippen molar-refractivity contribution in [2.24, 2.45) is 7.05 Å². The molecule has 1 unspecified atom stereocenters. The van der Waals surface area contributed by atoms with Gasteiger partial charge >= 0.3 is 0 Å². The van der Waals surface area contributed by atoms with Gasteiger partial charge in [0.25, 0.3) is 0 Å². The summed E-state index contributed by atoms with van der Waals surface area (Å²) < 4.78 is 3.38. The molecule has 1 atom stereocenters. The van der Waals surface area contributed by atoms with Crippen LogP contribution >= 0.6 is 15.9 Å². The smallest absolute Gasteiger partial charge is 0.0491 e. The normalized spacial score (nSPS) is 20.2. The first kappa shape index (κ1) is 11.3. The molecule has 0 amide bonds. The van der Waals surface area contributed by atoms with E-state index in [0.717, 1.165) is 10.9 Å². The Labute approximate surface area is 110 Å². The summed E-state index contributed by atoms with van der Waals surface area (Å²) in [7, 11) is 2.13. The van der Waals surface area contributed by atoms with E-state index < -0.39 is 0 Å². The van der Waals surface area contributed by atoms with E-state index in [1.165, 1.54) is 35.9 Å². The molecule has 1 aromatic carbocycles. The van der Waals surface area contributed by atoms with Gasteiger partial charge in [-0.3, -0.25) is 0 Å². The van der Waals surface area contributed by atoms with Crippen LogP contribution in [0.5, 0.6) is 0 Å². The fourth-order valence-corrected chi connectivity index (χ4v) is 3.15. The molecule has 0 aliphatic carbocycles. The van der Waals surface area contributed by atoms with Gasteiger partial charge < -0.3 is 9.88 Å². The maximum atomic E-state index is 3.57.